The lowest BCUT2D eigenvalue weighted by Crippen LogP contribution is -2.28. The number of rotatable bonds is 5. The molecule has 1 aromatic carbocycles. The summed E-state index contributed by atoms with van der Waals surface area (Å²) in [6, 6.07) is 12.2. The molecule has 6 nitrogen and oxygen atoms in total. The van der Waals surface area contributed by atoms with Gasteiger partial charge in [0.05, 0.1) is 18.0 Å². The van der Waals surface area contributed by atoms with E-state index in [1.54, 1.807) is 13.3 Å². The molecule has 3 heterocycles. The summed E-state index contributed by atoms with van der Waals surface area (Å²) in [6.07, 6.45) is 2.57. The van der Waals surface area contributed by atoms with Gasteiger partial charge in [0.25, 0.3) is 0 Å². The molecule has 138 valence electrons. The van der Waals surface area contributed by atoms with Gasteiger partial charge < -0.3 is 15.4 Å². The quantitative estimate of drug-likeness (QED) is 0.753. The van der Waals surface area contributed by atoms with E-state index in [9.17, 15) is 0 Å². The third-order valence-corrected chi connectivity index (χ3v) is 4.88. The van der Waals surface area contributed by atoms with Crippen molar-refractivity contribution in [1.82, 2.24) is 14.8 Å². The minimum absolute atomic E-state index is 0.515. The first-order chi connectivity index (χ1) is 13.1. The van der Waals surface area contributed by atoms with Crippen LogP contribution in [0, 0.1) is 0 Å². The molecule has 6 heteroatoms. The smallest absolute Gasteiger partial charge is 0.137 e. The minimum atomic E-state index is 0.515. The van der Waals surface area contributed by atoms with E-state index >= 15 is 0 Å². The molecule has 1 aliphatic heterocycles. The van der Waals surface area contributed by atoms with Crippen molar-refractivity contribution in [3.8, 4) is 16.8 Å². The summed E-state index contributed by atoms with van der Waals surface area (Å²) in [5.74, 6) is 1.55. The molecular formula is C21H23N5O. The van der Waals surface area contributed by atoms with Gasteiger partial charge in [0.2, 0.25) is 0 Å². The first-order valence-electron chi connectivity index (χ1n) is 9.03. The highest BCUT2D eigenvalue weighted by molar-refractivity contribution is 5.87. The molecule has 0 unspecified atom stereocenters. The Morgan fingerprint density at radius 3 is 2.67 bits per heavy atom. The number of aromatic nitrogens is 3. The Bertz CT molecular complexity index is 990. The average Bonchev–Trinajstić information content (AvgIpc) is 3.11. The summed E-state index contributed by atoms with van der Waals surface area (Å²) in [4.78, 5) is 6.40. The van der Waals surface area contributed by atoms with Gasteiger partial charge in [-0.3, -0.25) is 0 Å². The molecule has 0 atom stereocenters. The molecular weight excluding hydrogens is 338 g/mol. The van der Waals surface area contributed by atoms with Gasteiger partial charge >= 0.3 is 0 Å². The van der Waals surface area contributed by atoms with Gasteiger partial charge in [0.15, 0.2) is 0 Å². The zero-order valence-corrected chi connectivity index (χ0v) is 15.6. The maximum atomic E-state index is 5.72. The van der Waals surface area contributed by atoms with E-state index in [4.69, 9.17) is 15.6 Å². The number of pyridine rings is 1. The highest BCUT2D eigenvalue weighted by Crippen LogP contribution is 2.38. The Hall–Kier alpha value is -3.12. The zero-order valence-electron chi connectivity index (χ0n) is 15.6. The Kier molecular flexibility index (Phi) is 4.41. The molecule has 27 heavy (non-hydrogen) atoms. The maximum Gasteiger partial charge on any atom is 0.137 e. The molecule has 0 radical (unpaired) electrons. The van der Waals surface area contributed by atoms with Crippen molar-refractivity contribution in [3.05, 3.63) is 60.4 Å². The van der Waals surface area contributed by atoms with Crippen LogP contribution in [-0.2, 0) is 11.2 Å². The van der Waals surface area contributed by atoms with Gasteiger partial charge in [0.1, 0.15) is 11.6 Å². The molecule has 2 aromatic heterocycles. The maximum absolute atomic E-state index is 5.72. The molecule has 2 N–H and O–H groups in total. The number of fused-ring (bicyclic) bond motifs is 3. The monoisotopic (exact) mass is 361 g/mol. The number of methoxy groups -OCH3 is 1. The van der Waals surface area contributed by atoms with Crippen molar-refractivity contribution in [2.45, 2.75) is 13.3 Å². The minimum Gasteiger partial charge on any atom is -0.384 e. The SMILES string of the molecule is C=C1c2ccc(-c3ccc(N)nc3)cc2-n2nc(CCOC)cc2N1CC. The third kappa shape index (κ3) is 2.98. The van der Waals surface area contributed by atoms with E-state index in [0.29, 0.717) is 12.4 Å². The number of nitrogen functional groups attached to an aromatic ring is 1. The highest BCUT2D eigenvalue weighted by atomic mass is 16.5. The van der Waals surface area contributed by atoms with Crippen LogP contribution in [0.1, 0.15) is 18.2 Å². The number of ether oxygens (including phenoxy) is 1. The van der Waals surface area contributed by atoms with Crippen LogP contribution in [-0.4, -0.2) is 35.0 Å². The first-order valence-corrected chi connectivity index (χ1v) is 9.03. The normalized spacial score (nSPS) is 12.8. The summed E-state index contributed by atoms with van der Waals surface area (Å²) in [6.45, 7) is 7.92. The Morgan fingerprint density at radius 2 is 1.96 bits per heavy atom. The van der Waals surface area contributed by atoms with Gasteiger partial charge in [-0.2, -0.15) is 5.10 Å². The Morgan fingerprint density at radius 1 is 1.15 bits per heavy atom. The van der Waals surface area contributed by atoms with E-state index in [1.807, 2.05) is 16.8 Å². The van der Waals surface area contributed by atoms with Gasteiger partial charge in [-0.05, 0) is 30.7 Å². The number of hydrogen-bond acceptors (Lipinski definition) is 5. The Labute approximate surface area is 158 Å². The van der Waals surface area contributed by atoms with E-state index < -0.39 is 0 Å². The topological polar surface area (TPSA) is 69.2 Å². The van der Waals surface area contributed by atoms with Crippen LogP contribution in [0.25, 0.3) is 22.5 Å². The van der Waals surface area contributed by atoms with E-state index in [1.165, 1.54) is 0 Å². The molecule has 0 bridgehead atoms. The van der Waals surface area contributed by atoms with Gasteiger partial charge in [-0.25, -0.2) is 9.67 Å². The van der Waals surface area contributed by atoms with Crippen LogP contribution in [0.15, 0.2) is 49.2 Å². The molecule has 0 spiro atoms. The molecule has 0 saturated heterocycles. The van der Waals surface area contributed by atoms with Crippen molar-refractivity contribution < 1.29 is 4.74 Å². The van der Waals surface area contributed by atoms with Crippen LogP contribution >= 0.6 is 0 Å². The lowest BCUT2D eigenvalue weighted by atomic mass is 10.0. The molecule has 0 saturated carbocycles. The largest absolute Gasteiger partial charge is 0.384 e. The van der Waals surface area contributed by atoms with Crippen molar-refractivity contribution >= 4 is 17.3 Å². The number of hydrogen-bond donors (Lipinski definition) is 1. The van der Waals surface area contributed by atoms with Crippen molar-refractivity contribution in [2.24, 2.45) is 0 Å². The summed E-state index contributed by atoms with van der Waals surface area (Å²) in [7, 11) is 1.71. The molecule has 0 amide bonds. The van der Waals surface area contributed by atoms with Crippen LogP contribution in [0.2, 0.25) is 0 Å². The number of nitrogens with zero attached hydrogens (tertiary/aromatic N) is 4. The molecule has 4 rings (SSSR count). The average molecular weight is 361 g/mol. The lowest BCUT2D eigenvalue weighted by Gasteiger charge is -2.32. The summed E-state index contributed by atoms with van der Waals surface area (Å²) in [5, 5.41) is 4.83. The molecule has 3 aromatic rings. The van der Waals surface area contributed by atoms with Crippen LogP contribution < -0.4 is 10.6 Å². The summed E-state index contributed by atoms with van der Waals surface area (Å²) < 4.78 is 7.22. The first kappa shape index (κ1) is 17.3. The second-order valence-electron chi connectivity index (χ2n) is 6.54. The van der Waals surface area contributed by atoms with Crippen LogP contribution in [0.3, 0.4) is 0 Å². The standard InChI is InChI=1S/C21H23N5O/c1-4-25-14(2)18-7-5-15(16-6-8-20(22)23-13-16)11-19(18)26-21(25)12-17(24-26)9-10-27-3/h5-8,11-13H,2,4,9-10H2,1,3H3,(H2,22,23). The summed E-state index contributed by atoms with van der Waals surface area (Å²) >= 11 is 0. The van der Waals surface area contributed by atoms with E-state index in [0.717, 1.165) is 52.6 Å². The van der Waals surface area contributed by atoms with Crippen molar-refractivity contribution in [2.75, 3.05) is 30.9 Å². The fourth-order valence-corrected chi connectivity index (χ4v) is 3.46. The second kappa shape index (κ2) is 6.89. The van der Waals surface area contributed by atoms with Gasteiger partial charge in [0, 0.05) is 49.2 Å². The predicted molar refractivity (Wildman–Crippen MR) is 109 cm³/mol. The summed E-state index contributed by atoms with van der Waals surface area (Å²) in [5.41, 5.74) is 11.9. The third-order valence-electron chi connectivity index (χ3n) is 4.88. The molecule has 0 fully saturated rings. The lowest BCUT2D eigenvalue weighted by molar-refractivity contribution is 0.201. The second-order valence-corrected chi connectivity index (χ2v) is 6.54. The number of anilines is 2. The number of nitrogens with two attached hydrogens (primary N) is 1. The van der Waals surface area contributed by atoms with Gasteiger partial charge in [-0.15, -0.1) is 0 Å². The molecule has 1 aliphatic rings. The highest BCUT2D eigenvalue weighted by Gasteiger charge is 2.26. The van der Waals surface area contributed by atoms with E-state index in [-0.39, 0.29) is 0 Å². The number of benzene rings is 1. The van der Waals surface area contributed by atoms with Gasteiger partial charge in [-0.1, -0.05) is 18.7 Å². The van der Waals surface area contributed by atoms with Crippen LogP contribution in [0.5, 0.6) is 0 Å². The van der Waals surface area contributed by atoms with Crippen molar-refractivity contribution in [1.29, 1.82) is 0 Å². The predicted octanol–water partition coefficient (Wildman–Crippen LogP) is 3.52. The Balaban J connectivity index is 1.83. The van der Waals surface area contributed by atoms with Crippen LogP contribution in [0.4, 0.5) is 11.6 Å². The molecule has 0 aliphatic carbocycles. The van der Waals surface area contributed by atoms with E-state index in [2.05, 4.69) is 47.7 Å². The zero-order chi connectivity index (χ0) is 19.0. The fraction of sp³-hybridized carbons (Fsp3) is 0.238. The van der Waals surface area contributed by atoms with Crippen molar-refractivity contribution in [3.63, 3.8) is 0 Å². The fourth-order valence-electron chi connectivity index (χ4n) is 3.46.